The van der Waals surface area contributed by atoms with Gasteiger partial charge in [-0.2, -0.15) is 5.26 Å². The van der Waals surface area contributed by atoms with Crippen LogP contribution in [-0.4, -0.2) is 43.8 Å². The van der Waals surface area contributed by atoms with Gasteiger partial charge in [0.1, 0.15) is 0 Å². The van der Waals surface area contributed by atoms with E-state index in [-0.39, 0.29) is 6.04 Å². The first-order valence-electron chi connectivity index (χ1n) is 5.03. The van der Waals surface area contributed by atoms with Gasteiger partial charge in [-0.1, -0.05) is 6.92 Å². The summed E-state index contributed by atoms with van der Waals surface area (Å²) in [5, 5.41) is 8.54. The van der Waals surface area contributed by atoms with Crippen LogP contribution in [0.2, 0.25) is 0 Å². The molecule has 0 aromatic heterocycles. The monoisotopic (exact) mass is 199 g/mol. The minimum absolute atomic E-state index is 0.348. The molecule has 2 N–H and O–H groups in total. The number of hydrogen-bond acceptors (Lipinski definition) is 4. The van der Waals surface area contributed by atoms with Gasteiger partial charge >= 0.3 is 0 Å². The largest absolute Gasteiger partial charge is 0.383 e. The van der Waals surface area contributed by atoms with Gasteiger partial charge in [-0.3, -0.25) is 4.90 Å². The van der Waals surface area contributed by atoms with Crippen LogP contribution in [0.1, 0.15) is 20.3 Å². The van der Waals surface area contributed by atoms with Crippen LogP contribution in [0.4, 0.5) is 0 Å². The van der Waals surface area contributed by atoms with Crippen molar-refractivity contribution < 1.29 is 4.74 Å². The summed E-state index contributed by atoms with van der Waals surface area (Å²) in [6.45, 7) is 6.75. The number of nitrogens with zero attached hydrogens (tertiary/aromatic N) is 2. The summed E-state index contributed by atoms with van der Waals surface area (Å²) in [5.41, 5.74) is 5.53. The summed E-state index contributed by atoms with van der Waals surface area (Å²) in [6.07, 6.45) is 0.721. The van der Waals surface area contributed by atoms with E-state index >= 15 is 0 Å². The van der Waals surface area contributed by atoms with Crippen LogP contribution in [0.25, 0.3) is 0 Å². The summed E-state index contributed by atoms with van der Waals surface area (Å²) in [6, 6.07) is 2.07. The molecular weight excluding hydrogens is 178 g/mol. The molecule has 0 heterocycles. The Morgan fingerprint density at radius 2 is 2.21 bits per heavy atom. The summed E-state index contributed by atoms with van der Waals surface area (Å²) < 4.78 is 5.08. The Bertz CT molecular complexity index is 179. The van der Waals surface area contributed by atoms with Gasteiger partial charge in [-0.15, -0.1) is 0 Å². The number of rotatable bonds is 7. The van der Waals surface area contributed by atoms with Gasteiger partial charge in [0.05, 0.1) is 18.7 Å². The average Bonchev–Trinajstić information content (AvgIpc) is 2.18. The number of nitriles is 1. The minimum atomic E-state index is -0.348. The lowest BCUT2D eigenvalue weighted by Gasteiger charge is -2.27. The maximum atomic E-state index is 8.54. The molecule has 0 saturated carbocycles. The normalized spacial score (nSPS) is 15.1. The van der Waals surface area contributed by atoms with E-state index in [1.807, 2.05) is 6.07 Å². The molecule has 0 aliphatic rings. The summed E-state index contributed by atoms with van der Waals surface area (Å²) in [4.78, 5) is 2.26. The quantitative estimate of drug-likeness (QED) is 0.651. The first kappa shape index (κ1) is 13.4. The van der Waals surface area contributed by atoms with Crippen molar-refractivity contribution >= 4 is 0 Å². The molecule has 0 amide bonds. The van der Waals surface area contributed by atoms with E-state index in [2.05, 4.69) is 18.7 Å². The second-order valence-corrected chi connectivity index (χ2v) is 3.46. The van der Waals surface area contributed by atoms with Crippen molar-refractivity contribution in [1.29, 1.82) is 5.26 Å². The zero-order valence-corrected chi connectivity index (χ0v) is 9.36. The highest BCUT2D eigenvalue weighted by Gasteiger charge is 2.12. The molecule has 14 heavy (non-hydrogen) atoms. The van der Waals surface area contributed by atoms with Gasteiger partial charge in [-0.05, 0) is 19.9 Å². The van der Waals surface area contributed by atoms with Gasteiger partial charge in [0, 0.05) is 19.7 Å². The molecule has 0 spiro atoms. The fourth-order valence-corrected chi connectivity index (χ4v) is 1.41. The molecule has 0 fully saturated rings. The average molecular weight is 199 g/mol. The standard InChI is InChI=1S/C10H21N3O/c1-4-13(9(2)8-14-3)6-5-10(12)7-11/h9-10H,4-6,8,12H2,1-3H3. The Morgan fingerprint density at radius 3 is 2.64 bits per heavy atom. The molecule has 0 rings (SSSR count). The predicted molar refractivity (Wildman–Crippen MR) is 56.8 cm³/mol. The van der Waals surface area contributed by atoms with Crippen molar-refractivity contribution in [2.24, 2.45) is 5.73 Å². The Hall–Kier alpha value is -0.630. The fourth-order valence-electron chi connectivity index (χ4n) is 1.41. The lowest BCUT2D eigenvalue weighted by atomic mass is 10.2. The SMILES string of the molecule is CCN(CCC(N)C#N)C(C)COC. The molecule has 2 atom stereocenters. The molecule has 0 aliphatic heterocycles. The number of hydrogen-bond donors (Lipinski definition) is 1. The van der Waals surface area contributed by atoms with E-state index in [1.54, 1.807) is 7.11 Å². The number of likely N-dealkylation sites (N-methyl/N-ethyl adjacent to an activating group) is 1. The minimum Gasteiger partial charge on any atom is -0.383 e. The molecule has 0 radical (unpaired) electrons. The summed E-state index contributed by atoms with van der Waals surface area (Å²) >= 11 is 0. The molecule has 0 aromatic carbocycles. The third-order valence-corrected chi connectivity index (χ3v) is 2.33. The Morgan fingerprint density at radius 1 is 1.57 bits per heavy atom. The van der Waals surface area contributed by atoms with Crippen LogP contribution in [0, 0.1) is 11.3 Å². The zero-order valence-electron chi connectivity index (χ0n) is 9.36. The van der Waals surface area contributed by atoms with Gasteiger partial charge in [0.2, 0.25) is 0 Å². The highest BCUT2D eigenvalue weighted by Crippen LogP contribution is 2.01. The first-order chi connectivity index (χ1) is 6.65. The smallest absolute Gasteiger partial charge is 0.0940 e. The highest BCUT2D eigenvalue weighted by molar-refractivity contribution is 4.87. The summed E-state index contributed by atoms with van der Waals surface area (Å²) in [5.74, 6) is 0. The third-order valence-electron chi connectivity index (χ3n) is 2.33. The van der Waals surface area contributed by atoms with E-state index in [9.17, 15) is 0 Å². The van der Waals surface area contributed by atoms with E-state index in [1.165, 1.54) is 0 Å². The zero-order chi connectivity index (χ0) is 11.0. The summed E-state index contributed by atoms with van der Waals surface area (Å²) in [7, 11) is 1.70. The van der Waals surface area contributed by atoms with Crippen molar-refractivity contribution in [2.75, 3.05) is 26.8 Å². The van der Waals surface area contributed by atoms with Crippen LogP contribution in [-0.2, 0) is 4.74 Å². The first-order valence-corrected chi connectivity index (χ1v) is 5.03. The number of nitrogens with two attached hydrogens (primary N) is 1. The van der Waals surface area contributed by atoms with Crippen molar-refractivity contribution in [2.45, 2.75) is 32.4 Å². The maximum absolute atomic E-state index is 8.54. The number of ether oxygens (including phenoxy) is 1. The Kier molecular flexibility index (Phi) is 7.40. The van der Waals surface area contributed by atoms with Gasteiger partial charge in [0.15, 0.2) is 0 Å². The lowest BCUT2D eigenvalue weighted by Crippen LogP contribution is -2.38. The molecule has 0 aromatic rings. The molecule has 82 valence electrons. The molecule has 0 saturated heterocycles. The molecular formula is C10H21N3O. The van der Waals surface area contributed by atoms with Crippen LogP contribution < -0.4 is 5.73 Å². The topological polar surface area (TPSA) is 62.3 Å². The van der Waals surface area contributed by atoms with Gasteiger partial charge in [-0.25, -0.2) is 0 Å². The van der Waals surface area contributed by atoms with Crippen LogP contribution in [0.15, 0.2) is 0 Å². The van der Waals surface area contributed by atoms with E-state index < -0.39 is 0 Å². The second kappa shape index (κ2) is 7.74. The Labute approximate surface area is 86.6 Å². The second-order valence-electron chi connectivity index (χ2n) is 3.46. The van der Waals surface area contributed by atoms with Crippen LogP contribution in [0.3, 0.4) is 0 Å². The van der Waals surface area contributed by atoms with Gasteiger partial charge < -0.3 is 10.5 Å². The molecule has 4 heteroatoms. The number of methoxy groups -OCH3 is 1. The van der Waals surface area contributed by atoms with E-state index in [0.717, 1.165) is 26.1 Å². The van der Waals surface area contributed by atoms with E-state index in [0.29, 0.717) is 6.04 Å². The van der Waals surface area contributed by atoms with Crippen molar-refractivity contribution in [1.82, 2.24) is 4.90 Å². The lowest BCUT2D eigenvalue weighted by molar-refractivity contribution is 0.101. The van der Waals surface area contributed by atoms with Crippen molar-refractivity contribution in [3.8, 4) is 6.07 Å². The Balaban J connectivity index is 3.84. The molecule has 2 unspecified atom stereocenters. The van der Waals surface area contributed by atoms with E-state index in [4.69, 9.17) is 15.7 Å². The highest BCUT2D eigenvalue weighted by atomic mass is 16.5. The van der Waals surface area contributed by atoms with Gasteiger partial charge in [0.25, 0.3) is 0 Å². The molecule has 0 bridgehead atoms. The molecule has 0 aliphatic carbocycles. The maximum Gasteiger partial charge on any atom is 0.0940 e. The predicted octanol–water partition coefficient (Wildman–Crippen LogP) is 0.584. The third kappa shape index (κ3) is 5.18. The molecule has 4 nitrogen and oxygen atoms in total. The van der Waals surface area contributed by atoms with Crippen molar-refractivity contribution in [3.05, 3.63) is 0 Å². The van der Waals surface area contributed by atoms with Crippen LogP contribution in [0.5, 0.6) is 0 Å². The van der Waals surface area contributed by atoms with Crippen molar-refractivity contribution in [3.63, 3.8) is 0 Å². The van der Waals surface area contributed by atoms with Crippen LogP contribution >= 0.6 is 0 Å². The fraction of sp³-hybridized carbons (Fsp3) is 0.900.